The molecule has 0 aliphatic heterocycles. The van der Waals surface area contributed by atoms with Gasteiger partial charge in [-0.3, -0.25) is 0 Å². The van der Waals surface area contributed by atoms with Crippen LogP contribution in [-0.2, 0) is 6.42 Å². The van der Waals surface area contributed by atoms with Crippen LogP contribution in [0.1, 0.15) is 29.9 Å². The first-order valence-corrected chi connectivity index (χ1v) is 8.68. The minimum Gasteiger partial charge on any atom is -0.367 e. The van der Waals surface area contributed by atoms with Crippen LogP contribution in [0.3, 0.4) is 0 Å². The summed E-state index contributed by atoms with van der Waals surface area (Å²) in [6.07, 6.45) is 5.32. The molecule has 2 nitrogen and oxygen atoms in total. The van der Waals surface area contributed by atoms with Crippen molar-refractivity contribution in [1.82, 2.24) is 4.98 Å². The summed E-state index contributed by atoms with van der Waals surface area (Å²) in [5.74, 6) is 2.04. The van der Waals surface area contributed by atoms with E-state index in [1.54, 1.807) is 17.8 Å². The third kappa shape index (κ3) is 2.11. The summed E-state index contributed by atoms with van der Waals surface area (Å²) in [7, 11) is 0. The number of aromatic nitrogens is 1. The number of anilines is 1. The van der Waals surface area contributed by atoms with Crippen LogP contribution < -0.4 is 5.32 Å². The number of pyridine rings is 1. The van der Waals surface area contributed by atoms with E-state index in [4.69, 9.17) is 0 Å². The predicted molar refractivity (Wildman–Crippen MR) is 94.7 cm³/mol. The Kier molecular flexibility index (Phi) is 3.09. The van der Waals surface area contributed by atoms with E-state index in [2.05, 4.69) is 34.6 Å². The highest BCUT2D eigenvalue weighted by Gasteiger charge is 2.44. The van der Waals surface area contributed by atoms with Gasteiger partial charge >= 0.3 is 0 Å². The minimum absolute atomic E-state index is 0.202. The summed E-state index contributed by atoms with van der Waals surface area (Å²) in [4.78, 5) is 4.51. The van der Waals surface area contributed by atoms with Gasteiger partial charge in [-0.2, -0.15) is 0 Å². The van der Waals surface area contributed by atoms with Gasteiger partial charge < -0.3 is 5.32 Å². The molecule has 2 aliphatic rings. The van der Waals surface area contributed by atoms with Crippen molar-refractivity contribution < 1.29 is 4.39 Å². The third-order valence-corrected chi connectivity index (χ3v) is 5.79. The van der Waals surface area contributed by atoms with Gasteiger partial charge in [0.25, 0.3) is 0 Å². The van der Waals surface area contributed by atoms with Crippen molar-refractivity contribution in [1.29, 1.82) is 0 Å². The Labute approximate surface area is 140 Å². The van der Waals surface area contributed by atoms with E-state index in [1.807, 2.05) is 12.1 Å². The topological polar surface area (TPSA) is 24.9 Å². The van der Waals surface area contributed by atoms with Crippen molar-refractivity contribution >= 4 is 16.6 Å². The highest BCUT2D eigenvalue weighted by Crippen LogP contribution is 2.50. The van der Waals surface area contributed by atoms with Crippen molar-refractivity contribution in [2.45, 2.75) is 31.2 Å². The number of halogens is 1. The molecule has 2 aromatic carbocycles. The Morgan fingerprint density at radius 2 is 2.00 bits per heavy atom. The van der Waals surface area contributed by atoms with E-state index in [-0.39, 0.29) is 5.82 Å². The van der Waals surface area contributed by atoms with Gasteiger partial charge in [0.05, 0.1) is 0 Å². The predicted octanol–water partition coefficient (Wildman–Crippen LogP) is 4.90. The number of nitrogens with zero attached hydrogens (tertiary/aromatic N) is 1. The third-order valence-electron chi connectivity index (χ3n) is 5.79. The number of fused-ring (bicyclic) bond motifs is 4. The number of hydrogen-bond acceptors (Lipinski definition) is 2. The average molecular weight is 318 g/mol. The van der Waals surface area contributed by atoms with E-state index in [9.17, 15) is 4.39 Å². The van der Waals surface area contributed by atoms with E-state index in [1.165, 1.54) is 24.5 Å². The molecule has 1 saturated carbocycles. The summed E-state index contributed by atoms with van der Waals surface area (Å²) >= 11 is 0. The van der Waals surface area contributed by atoms with Crippen LogP contribution in [0, 0.1) is 11.7 Å². The van der Waals surface area contributed by atoms with Crippen molar-refractivity contribution in [3.05, 3.63) is 71.7 Å². The zero-order chi connectivity index (χ0) is 16.1. The molecule has 3 heteroatoms. The van der Waals surface area contributed by atoms with Crippen LogP contribution in [0.15, 0.2) is 54.7 Å². The lowest BCUT2D eigenvalue weighted by Gasteiger charge is -2.49. The normalized spacial score (nSPS) is 24.8. The first kappa shape index (κ1) is 14.0. The van der Waals surface area contributed by atoms with Gasteiger partial charge in [0.2, 0.25) is 0 Å². The van der Waals surface area contributed by atoms with Gasteiger partial charge in [0.15, 0.2) is 0 Å². The maximum Gasteiger partial charge on any atom is 0.134 e. The second-order valence-corrected chi connectivity index (χ2v) is 7.02. The largest absolute Gasteiger partial charge is 0.367 e. The molecular weight excluding hydrogens is 299 g/mol. The number of rotatable bonds is 2. The van der Waals surface area contributed by atoms with E-state index in [0.29, 0.717) is 17.9 Å². The maximum atomic E-state index is 13.4. The van der Waals surface area contributed by atoms with Crippen molar-refractivity contribution in [3.8, 4) is 0 Å². The molecule has 1 fully saturated rings. The number of hydrogen-bond donors (Lipinski definition) is 1. The fourth-order valence-corrected chi connectivity index (χ4v) is 4.52. The van der Waals surface area contributed by atoms with Crippen molar-refractivity contribution in [2.24, 2.45) is 5.92 Å². The molecule has 0 amide bonds. The van der Waals surface area contributed by atoms with Gasteiger partial charge in [-0.15, -0.1) is 0 Å². The molecule has 0 bridgehead atoms. The second-order valence-electron chi connectivity index (χ2n) is 7.02. The lowest BCUT2D eigenvalue weighted by Crippen LogP contribution is -2.47. The highest BCUT2D eigenvalue weighted by atomic mass is 19.1. The molecule has 24 heavy (non-hydrogen) atoms. The van der Waals surface area contributed by atoms with Crippen LogP contribution in [0.4, 0.5) is 10.2 Å². The Bertz CT molecular complexity index is 921. The second kappa shape index (κ2) is 5.30. The Hall–Kier alpha value is -2.42. The van der Waals surface area contributed by atoms with Crippen LogP contribution >= 0.6 is 0 Å². The molecule has 3 unspecified atom stereocenters. The van der Waals surface area contributed by atoms with Crippen LogP contribution in [-0.4, -0.2) is 11.0 Å². The van der Waals surface area contributed by atoms with E-state index in [0.717, 1.165) is 23.0 Å². The molecule has 1 aromatic heterocycles. The van der Waals surface area contributed by atoms with Gasteiger partial charge in [-0.05, 0) is 71.9 Å². The Morgan fingerprint density at radius 1 is 1.08 bits per heavy atom. The molecule has 0 radical (unpaired) electrons. The number of nitrogens with one attached hydrogen (secondary N) is 1. The van der Waals surface area contributed by atoms with Crippen molar-refractivity contribution in [3.63, 3.8) is 0 Å². The van der Waals surface area contributed by atoms with Crippen molar-refractivity contribution in [2.75, 3.05) is 5.32 Å². The summed E-state index contributed by atoms with van der Waals surface area (Å²) in [5.41, 5.74) is 3.07. The fourth-order valence-electron chi connectivity index (χ4n) is 4.52. The number of benzene rings is 2. The minimum atomic E-state index is -0.202. The summed E-state index contributed by atoms with van der Waals surface area (Å²) in [6, 6.07) is 16.1. The maximum absolute atomic E-state index is 13.4. The summed E-state index contributed by atoms with van der Waals surface area (Å²) in [5, 5.41) is 5.54. The van der Waals surface area contributed by atoms with Gasteiger partial charge in [0.1, 0.15) is 11.6 Å². The summed E-state index contributed by atoms with van der Waals surface area (Å²) < 4.78 is 13.4. The quantitative estimate of drug-likeness (QED) is 0.726. The Morgan fingerprint density at radius 3 is 2.96 bits per heavy atom. The molecule has 3 aromatic rings. The number of aryl methyl sites for hydroxylation is 1. The molecule has 0 saturated heterocycles. The first-order valence-electron chi connectivity index (χ1n) is 8.68. The standard InChI is InChI=1S/C21H19FN2/c22-15-6-8-17-14(11-15)9-10-23-21(17)24-20-12-19-16-4-2-1-3-13(16)5-7-18(19)20/h1-4,6,8-11,18-20H,5,7,12H2,(H,23,24). The molecule has 1 N–H and O–H groups in total. The molecule has 0 spiro atoms. The zero-order valence-corrected chi connectivity index (χ0v) is 13.4. The summed E-state index contributed by atoms with van der Waals surface area (Å²) in [6.45, 7) is 0. The van der Waals surface area contributed by atoms with E-state index < -0.39 is 0 Å². The zero-order valence-electron chi connectivity index (χ0n) is 13.4. The van der Waals surface area contributed by atoms with Gasteiger partial charge in [-0.1, -0.05) is 24.3 Å². The van der Waals surface area contributed by atoms with Crippen LogP contribution in [0.2, 0.25) is 0 Å². The first-order chi connectivity index (χ1) is 11.8. The molecule has 2 aliphatic carbocycles. The molecular formula is C21H19FN2. The monoisotopic (exact) mass is 318 g/mol. The molecule has 120 valence electrons. The highest BCUT2D eigenvalue weighted by molar-refractivity contribution is 5.91. The smallest absolute Gasteiger partial charge is 0.134 e. The lowest BCUT2D eigenvalue weighted by atomic mass is 9.60. The van der Waals surface area contributed by atoms with Gasteiger partial charge in [0, 0.05) is 17.6 Å². The SMILES string of the molecule is Fc1ccc2c(NC3CC4c5ccccc5CCC34)nccc2c1. The molecule has 3 atom stereocenters. The van der Waals surface area contributed by atoms with Crippen LogP contribution in [0.5, 0.6) is 0 Å². The average Bonchev–Trinajstić information content (AvgIpc) is 2.59. The van der Waals surface area contributed by atoms with Crippen LogP contribution in [0.25, 0.3) is 10.8 Å². The molecule has 1 heterocycles. The molecule has 5 rings (SSSR count). The van der Waals surface area contributed by atoms with E-state index >= 15 is 0 Å². The lowest BCUT2D eigenvalue weighted by molar-refractivity contribution is 0.194. The van der Waals surface area contributed by atoms with Gasteiger partial charge in [-0.25, -0.2) is 9.37 Å². The fraction of sp³-hybridized carbons (Fsp3) is 0.286. The Balaban J connectivity index is 1.41.